The van der Waals surface area contributed by atoms with Gasteiger partial charge in [-0.05, 0) is 23.0 Å². The van der Waals surface area contributed by atoms with Gasteiger partial charge in [0.15, 0.2) is 0 Å². The van der Waals surface area contributed by atoms with Crippen LogP contribution in [0.2, 0.25) is 0 Å². The van der Waals surface area contributed by atoms with E-state index < -0.39 is 0 Å². The van der Waals surface area contributed by atoms with Gasteiger partial charge < -0.3 is 0 Å². The van der Waals surface area contributed by atoms with Crippen molar-refractivity contribution in [2.45, 2.75) is 27.7 Å². The van der Waals surface area contributed by atoms with Gasteiger partial charge in [0.25, 0.3) is 0 Å². The van der Waals surface area contributed by atoms with Crippen molar-refractivity contribution in [2.24, 2.45) is 11.8 Å². The summed E-state index contributed by atoms with van der Waals surface area (Å²) in [5.41, 5.74) is 4.35. The number of benzene rings is 1. The molecule has 0 heterocycles. The molecular weight excluding hydrogens is 180 g/mol. The van der Waals surface area contributed by atoms with Gasteiger partial charge in [0.2, 0.25) is 0 Å². The first-order valence-corrected chi connectivity index (χ1v) is 5.79. The summed E-state index contributed by atoms with van der Waals surface area (Å²) in [5.74, 6) is 2.78. The van der Waals surface area contributed by atoms with Crippen molar-refractivity contribution in [3.05, 3.63) is 46.9 Å². The Bertz CT molecular complexity index is 383. The maximum atomic E-state index is 2.36. The Morgan fingerprint density at radius 2 is 1.53 bits per heavy atom. The molecule has 0 aromatic heterocycles. The minimum Gasteiger partial charge on any atom is -0.0619 e. The van der Waals surface area contributed by atoms with Gasteiger partial charge in [-0.25, -0.2) is 0 Å². The highest BCUT2D eigenvalue weighted by atomic mass is 14.3. The van der Waals surface area contributed by atoms with E-state index in [1.807, 2.05) is 0 Å². The van der Waals surface area contributed by atoms with Gasteiger partial charge in [-0.1, -0.05) is 63.6 Å². The molecule has 0 atom stereocenters. The van der Waals surface area contributed by atoms with Crippen LogP contribution in [0.5, 0.6) is 0 Å². The van der Waals surface area contributed by atoms with Gasteiger partial charge in [-0.2, -0.15) is 0 Å². The third-order valence-electron chi connectivity index (χ3n) is 3.07. The van der Waals surface area contributed by atoms with Crippen molar-refractivity contribution in [1.29, 1.82) is 0 Å². The molecule has 0 bridgehead atoms. The molecule has 0 fully saturated rings. The molecule has 0 saturated heterocycles. The Hall–Kier alpha value is -1.04. The highest BCUT2D eigenvalue weighted by molar-refractivity contribution is 5.73. The summed E-state index contributed by atoms with van der Waals surface area (Å²) >= 11 is 0. The Labute approximate surface area is 93.0 Å². The molecule has 0 aliphatic heterocycles. The van der Waals surface area contributed by atoms with Gasteiger partial charge in [0.05, 0.1) is 0 Å². The average molecular weight is 199 g/mol. The van der Waals surface area contributed by atoms with Crippen molar-refractivity contribution < 1.29 is 0 Å². The van der Waals surface area contributed by atoms with Crippen molar-refractivity contribution in [3.8, 4) is 0 Å². The predicted octanol–water partition coefficient (Wildman–Crippen LogP) is 4.32. The summed E-state index contributed by atoms with van der Waals surface area (Å²) in [6.45, 7) is 9.13. The van der Waals surface area contributed by atoms with Gasteiger partial charge in [-0.15, -0.1) is 0 Å². The summed E-state index contributed by atoms with van der Waals surface area (Å²) in [6, 6.07) is 8.72. The molecule has 0 unspecified atom stereocenters. The zero-order valence-electron chi connectivity index (χ0n) is 10.0. The molecule has 0 saturated carbocycles. The zero-order chi connectivity index (χ0) is 11.0. The van der Waals surface area contributed by atoms with Crippen LogP contribution >= 0.6 is 0 Å². The Morgan fingerprint density at radius 3 is 2.13 bits per heavy atom. The molecule has 1 aliphatic carbocycles. The molecular formula is C15H19. The van der Waals surface area contributed by atoms with E-state index in [0.717, 1.165) is 0 Å². The molecule has 0 amide bonds. The Kier molecular flexibility index (Phi) is 2.68. The van der Waals surface area contributed by atoms with Gasteiger partial charge in [0, 0.05) is 5.92 Å². The fraction of sp³-hybridized carbons (Fsp3) is 0.400. The van der Waals surface area contributed by atoms with Gasteiger partial charge in [0.1, 0.15) is 0 Å². The van der Waals surface area contributed by atoms with E-state index in [4.69, 9.17) is 0 Å². The standard InChI is InChI=1S/C15H19/c1-10(2)14-9-12-7-5-6-8-13(12)15(14)11(3)4/h5-11H,1-4H3. The smallest absolute Gasteiger partial charge is 0.0333 e. The Morgan fingerprint density at radius 1 is 0.867 bits per heavy atom. The third kappa shape index (κ3) is 1.73. The highest BCUT2D eigenvalue weighted by Crippen LogP contribution is 2.42. The second-order valence-corrected chi connectivity index (χ2v) is 4.91. The van der Waals surface area contributed by atoms with E-state index in [1.165, 1.54) is 16.7 Å². The maximum absolute atomic E-state index is 2.36. The van der Waals surface area contributed by atoms with Crippen LogP contribution < -0.4 is 0 Å². The lowest BCUT2D eigenvalue weighted by Crippen LogP contribution is -2.11. The van der Waals surface area contributed by atoms with Crippen LogP contribution in [-0.4, -0.2) is 0 Å². The predicted molar refractivity (Wildman–Crippen MR) is 66.4 cm³/mol. The lowest BCUT2D eigenvalue weighted by atomic mass is 9.81. The summed E-state index contributed by atoms with van der Waals surface area (Å²) in [5, 5.41) is 0. The van der Waals surface area contributed by atoms with E-state index in [-0.39, 0.29) is 0 Å². The molecule has 0 heteroatoms. The van der Waals surface area contributed by atoms with E-state index in [1.54, 1.807) is 5.92 Å². The van der Waals surface area contributed by atoms with Crippen LogP contribution in [0.4, 0.5) is 0 Å². The van der Waals surface area contributed by atoms with Gasteiger partial charge >= 0.3 is 0 Å². The molecule has 1 aromatic carbocycles. The normalized spacial score (nSPS) is 16.0. The van der Waals surface area contributed by atoms with E-state index in [0.29, 0.717) is 11.8 Å². The van der Waals surface area contributed by atoms with Crippen LogP contribution in [0.1, 0.15) is 38.8 Å². The lowest BCUT2D eigenvalue weighted by Gasteiger charge is -2.22. The second kappa shape index (κ2) is 3.84. The summed E-state index contributed by atoms with van der Waals surface area (Å²) in [7, 11) is 0. The quantitative estimate of drug-likeness (QED) is 0.665. The molecule has 1 aromatic rings. The molecule has 1 radical (unpaired) electrons. The SMILES string of the molecule is CC(C)[C]1C(C(C)C)=Cc2ccccc21. The van der Waals surface area contributed by atoms with E-state index in [9.17, 15) is 0 Å². The van der Waals surface area contributed by atoms with Gasteiger partial charge in [-0.3, -0.25) is 0 Å². The summed E-state index contributed by atoms with van der Waals surface area (Å²) in [6.07, 6.45) is 2.36. The van der Waals surface area contributed by atoms with Crippen LogP contribution in [0, 0.1) is 17.8 Å². The molecule has 2 rings (SSSR count). The van der Waals surface area contributed by atoms with Crippen molar-refractivity contribution in [3.63, 3.8) is 0 Å². The van der Waals surface area contributed by atoms with Crippen LogP contribution in [0.15, 0.2) is 29.8 Å². The number of fused-ring (bicyclic) bond motifs is 1. The largest absolute Gasteiger partial charge is 0.0619 e. The molecule has 1 aliphatic rings. The summed E-state index contributed by atoms with van der Waals surface area (Å²) in [4.78, 5) is 0. The number of rotatable bonds is 2. The lowest BCUT2D eigenvalue weighted by molar-refractivity contribution is 0.652. The minimum absolute atomic E-state index is 0.613. The molecule has 79 valence electrons. The Balaban J connectivity index is 2.47. The molecule has 15 heavy (non-hydrogen) atoms. The van der Waals surface area contributed by atoms with Crippen molar-refractivity contribution in [1.82, 2.24) is 0 Å². The number of hydrogen-bond acceptors (Lipinski definition) is 0. The zero-order valence-corrected chi connectivity index (χ0v) is 10.0. The fourth-order valence-electron chi connectivity index (χ4n) is 2.39. The molecule has 0 spiro atoms. The van der Waals surface area contributed by atoms with Crippen LogP contribution in [0.3, 0.4) is 0 Å². The summed E-state index contributed by atoms with van der Waals surface area (Å²) < 4.78 is 0. The van der Waals surface area contributed by atoms with Crippen molar-refractivity contribution >= 4 is 6.08 Å². The average Bonchev–Trinajstić information content (AvgIpc) is 2.56. The molecule has 0 N–H and O–H groups in total. The third-order valence-corrected chi connectivity index (χ3v) is 3.07. The van der Waals surface area contributed by atoms with E-state index >= 15 is 0 Å². The second-order valence-electron chi connectivity index (χ2n) is 4.91. The van der Waals surface area contributed by atoms with E-state index in [2.05, 4.69) is 58.0 Å². The topological polar surface area (TPSA) is 0 Å². The fourth-order valence-corrected chi connectivity index (χ4v) is 2.39. The number of hydrogen-bond donors (Lipinski definition) is 0. The first-order valence-electron chi connectivity index (χ1n) is 5.79. The first-order chi connectivity index (χ1) is 7.11. The highest BCUT2D eigenvalue weighted by Gasteiger charge is 2.29. The first kappa shape index (κ1) is 10.5. The number of allylic oxidation sites excluding steroid dienone is 1. The maximum Gasteiger partial charge on any atom is 0.0333 e. The minimum atomic E-state index is 0.613. The van der Waals surface area contributed by atoms with Crippen LogP contribution in [-0.2, 0) is 0 Å². The monoisotopic (exact) mass is 199 g/mol. The molecule has 0 nitrogen and oxygen atoms in total. The van der Waals surface area contributed by atoms with Crippen LogP contribution in [0.25, 0.3) is 6.08 Å². The van der Waals surface area contributed by atoms with Crippen molar-refractivity contribution in [2.75, 3.05) is 0 Å².